The summed E-state index contributed by atoms with van der Waals surface area (Å²) in [5.74, 6) is 0.247. The third-order valence-corrected chi connectivity index (χ3v) is 7.58. The molecule has 3 heterocycles. The molecule has 0 bridgehead atoms. The van der Waals surface area contributed by atoms with E-state index in [1.165, 1.54) is 22.1 Å². The summed E-state index contributed by atoms with van der Waals surface area (Å²) in [4.78, 5) is 30.1. The number of halogens is 1. The van der Waals surface area contributed by atoms with Gasteiger partial charge < -0.3 is 19.9 Å². The van der Waals surface area contributed by atoms with Crippen LogP contribution in [0.15, 0.2) is 54.9 Å². The van der Waals surface area contributed by atoms with Crippen LogP contribution in [-0.4, -0.2) is 63.5 Å². The monoisotopic (exact) mass is 536 g/mol. The zero-order valence-corrected chi connectivity index (χ0v) is 22.3. The summed E-state index contributed by atoms with van der Waals surface area (Å²) < 4.78 is 7.71. The number of anilines is 2. The van der Waals surface area contributed by atoms with Crippen LogP contribution in [0, 0.1) is 6.92 Å². The maximum atomic E-state index is 13.2. The standard InChI is InChI=1S/C28H33ClN6O3/c1-20-6-2-3-7-24(20)33-15-11-22(12-16-33)38-26-10-9-21(18-23(26)29)31-28(37)25-8-4-5-14-35(25)27(36)19-34-17-13-30-32-34/h2-3,6-7,9-10,13,17-18,22,25H,4-5,8,11-12,14-16,19H2,1H3,(H,31,37)/t25-/m1/s1. The topological polar surface area (TPSA) is 92.6 Å². The first-order valence-corrected chi connectivity index (χ1v) is 13.6. The Hall–Kier alpha value is -3.59. The summed E-state index contributed by atoms with van der Waals surface area (Å²) in [6, 6.07) is 13.2. The van der Waals surface area contributed by atoms with Crippen molar-refractivity contribution in [3.8, 4) is 5.75 Å². The van der Waals surface area contributed by atoms with Crippen molar-refractivity contribution in [3.63, 3.8) is 0 Å². The zero-order chi connectivity index (χ0) is 26.5. The van der Waals surface area contributed by atoms with E-state index in [-0.39, 0.29) is 24.5 Å². The molecular formula is C28H33ClN6O3. The van der Waals surface area contributed by atoms with Crippen molar-refractivity contribution in [2.75, 3.05) is 29.9 Å². The van der Waals surface area contributed by atoms with Gasteiger partial charge in [0.15, 0.2) is 0 Å². The lowest BCUT2D eigenvalue weighted by molar-refractivity contribution is -0.141. The number of piperidine rings is 2. The summed E-state index contributed by atoms with van der Waals surface area (Å²) in [5.41, 5.74) is 3.14. The summed E-state index contributed by atoms with van der Waals surface area (Å²) >= 11 is 6.55. The lowest BCUT2D eigenvalue weighted by Crippen LogP contribution is -2.51. The van der Waals surface area contributed by atoms with E-state index in [2.05, 4.69) is 51.7 Å². The van der Waals surface area contributed by atoms with Crippen molar-refractivity contribution in [3.05, 3.63) is 65.4 Å². The number of ether oxygens (including phenoxy) is 1. The Kier molecular flexibility index (Phi) is 8.12. The third-order valence-electron chi connectivity index (χ3n) is 7.29. The summed E-state index contributed by atoms with van der Waals surface area (Å²) in [7, 11) is 0. The van der Waals surface area contributed by atoms with Crippen LogP contribution < -0.4 is 15.0 Å². The van der Waals surface area contributed by atoms with E-state index < -0.39 is 6.04 Å². The van der Waals surface area contributed by atoms with Crippen molar-refractivity contribution >= 4 is 34.8 Å². The number of likely N-dealkylation sites (tertiary alicyclic amines) is 1. The van der Waals surface area contributed by atoms with Gasteiger partial charge in [0, 0.05) is 50.0 Å². The molecule has 0 saturated carbocycles. The van der Waals surface area contributed by atoms with Crippen molar-refractivity contribution < 1.29 is 14.3 Å². The van der Waals surface area contributed by atoms with Crippen molar-refractivity contribution in [1.29, 1.82) is 0 Å². The first-order valence-electron chi connectivity index (χ1n) is 13.2. The lowest BCUT2D eigenvalue weighted by atomic mass is 10.0. The predicted molar refractivity (Wildman–Crippen MR) is 146 cm³/mol. The number of hydrogen-bond acceptors (Lipinski definition) is 6. The van der Waals surface area contributed by atoms with Gasteiger partial charge in [-0.1, -0.05) is 35.0 Å². The molecule has 200 valence electrons. The number of carbonyl (C=O) groups excluding carboxylic acids is 2. The molecule has 38 heavy (non-hydrogen) atoms. The highest BCUT2D eigenvalue weighted by atomic mass is 35.5. The Morgan fingerprint density at radius 1 is 1.08 bits per heavy atom. The molecule has 2 aliphatic heterocycles. The van der Waals surface area contributed by atoms with Gasteiger partial charge in [-0.2, -0.15) is 0 Å². The van der Waals surface area contributed by atoms with E-state index in [0.717, 1.165) is 38.8 Å². The molecule has 2 saturated heterocycles. The Morgan fingerprint density at radius 2 is 1.89 bits per heavy atom. The molecule has 1 aromatic heterocycles. The number of hydrogen-bond donors (Lipinski definition) is 1. The van der Waals surface area contributed by atoms with E-state index in [4.69, 9.17) is 16.3 Å². The first-order chi connectivity index (χ1) is 18.5. The highest BCUT2D eigenvalue weighted by Crippen LogP contribution is 2.32. The Labute approximate surface area is 227 Å². The summed E-state index contributed by atoms with van der Waals surface area (Å²) in [6.45, 7) is 4.59. The van der Waals surface area contributed by atoms with Crippen LogP contribution in [0.5, 0.6) is 5.75 Å². The number of aryl methyl sites for hydroxylation is 1. The molecular weight excluding hydrogens is 504 g/mol. The molecule has 1 atom stereocenters. The van der Waals surface area contributed by atoms with E-state index >= 15 is 0 Å². The van der Waals surface area contributed by atoms with Gasteiger partial charge in [0.05, 0.1) is 11.2 Å². The Bertz CT molecular complexity index is 1260. The number of carbonyl (C=O) groups is 2. The van der Waals surface area contributed by atoms with Gasteiger partial charge in [-0.3, -0.25) is 9.59 Å². The highest BCUT2D eigenvalue weighted by molar-refractivity contribution is 6.32. The first kappa shape index (κ1) is 26.0. The molecule has 0 unspecified atom stereocenters. The summed E-state index contributed by atoms with van der Waals surface area (Å²) in [5, 5.41) is 11.0. The second kappa shape index (κ2) is 11.9. The van der Waals surface area contributed by atoms with E-state index in [9.17, 15) is 9.59 Å². The smallest absolute Gasteiger partial charge is 0.247 e. The zero-order valence-electron chi connectivity index (χ0n) is 21.6. The van der Waals surface area contributed by atoms with Crippen LogP contribution in [-0.2, 0) is 16.1 Å². The quantitative estimate of drug-likeness (QED) is 0.484. The fourth-order valence-corrected chi connectivity index (χ4v) is 5.49. The largest absolute Gasteiger partial charge is 0.489 e. The van der Waals surface area contributed by atoms with Crippen molar-refractivity contribution in [2.24, 2.45) is 0 Å². The number of benzene rings is 2. The van der Waals surface area contributed by atoms with Crippen LogP contribution in [0.1, 0.15) is 37.7 Å². The molecule has 2 fully saturated rings. The van der Waals surface area contributed by atoms with Gasteiger partial charge in [0.25, 0.3) is 0 Å². The molecule has 3 aromatic rings. The minimum Gasteiger partial charge on any atom is -0.489 e. The lowest BCUT2D eigenvalue weighted by Gasteiger charge is -2.35. The number of para-hydroxylation sites is 1. The molecule has 2 aromatic carbocycles. The fraction of sp³-hybridized carbons (Fsp3) is 0.429. The number of amides is 2. The van der Waals surface area contributed by atoms with E-state index in [0.29, 0.717) is 29.4 Å². The van der Waals surface area contributed by atoms with Gasteiger partial charge in [0.1, 0.15) is 24.4 Å². The highest BCUT2D eigenvalue weighted by Gasteiger charge is 2.32. The van der Waals surface area contributed by atoms with Crippen LogP contribution >= 0.6 is 11.6 Å². The predicted octanol–water partition coefficient (Wildman–Crippen LogP) is 4.31. The molecule has 2 aliphatic rings. The van der Waals surface area contributed by atoms with Gasteiger partial charge in [-0.25, -0.2) is 4.68 Å². The molecule has 2 amide bonds. The second-order valence-corrected chi connectivity index (χ2v) is 10.3. The Morgan fingerprint density at radius 3 is 2.63 bits per heavy atom. The molecule has 0 aliphatic carbocycles. The van der Waals surface area contributed by atoms with Gasteiger partial charge in [-0.15, -0.1) is 5.10 Å². The minimum atomic E-state index is -0.534. The van der Waals surface area contributed by atoms with E-state index in [1.54, 1.807) is 29.3 Å². The minimum absolute atomic E-state index is 0.0610. The van der Waals surface area contributed by atoms with Crippen LogP contribution in [0.25, 0.3) is 0 Å². The number of nitrogens with one attached hydrogen (secondary N) is 1. The van der Waals surface area contributed by atoms with E-state index in [1.807, 2.05) is 0 Å². The average molecular weight is 537 g/mol. The van der Waals surface area contributed by atoms with Crippen LogP contribution in [0.2, 0.25) is 5.02 Å². The van der Waals surface area contributed by atoms with Crippen molar-refractivity contribution in [2.45, 2.75) is 57.7 Å². The molecule has 1 N–H and O–H groups in total. The third kappa shape index (κ3) is 6.10. The van der Waals surface area contributed by atoms with Crippen LogP contribution in [0.4, 0.5) is 11.4 Å². The molecule has 10 heteroatoms. The van der Waals surface area contributed by atoms with Gasteiger partial charge in [-0.05, 0) is 56.0 Å². The van der Waals surface area contributed by atoms with Gasteiger partial charge in [0.2, 0.25) is 11.8 Å². The molecule has 0 spiro atoms. The van der Waals surface area contributed by atoms with Crippen LogP contribution in [0.3, 0.4) is 0 Å². The summed E-state index contributed by atoms with van der Waals surface area (Å²) in [6.07, 6.45) is 7.43. The Balaban J connectivity index is 1.16. The molecule has 0 radical (unpaired) electrons. The second-order valence-electron chi connectivity index (χ2n) is 9.92. The average Bonchev–Trinajstić information content (AvgIpc) is 3.44. The maximum Gasteiger partial charge on any atom is 0.247 e. The maximum absolute atomic E-state index is 13.2. The number of nitrogens with zero attached hydrogens (tertiary/aromatic N) is 5. The SMILES string of the molecule is Cc1ccccc1N1CCC(Oc2ccc(NC(=O)[C@H]3CCCCN3C(=O)Cn3ccnn3)cc2Cl)CC1. The number of rotatable bonds is 7. The molecule has 5 rings (SSSR count). The fourth-order valence-electron chi connectivity index (χ4n) is 5.26. The van der Waals surface area contributed by atoms with Crippen molar-refractivity contribution in [1.82, 2.24) is 19.9 Å². The number of aromatic nitrogens is 3. The normalized spacial score (nSPS) is 18.3. The molecule has 9 nitrogen and oxygen atoms in total. The van der Waals surface area contributed by atoms with Gasteiger partial charge >= 0.3 is 0 Å².